The van der Waals surface area contributed by atoms with Gasteiger partial charge in [0.15, 0.2) is 0 Å². The normalized spacial score (nSPS) is 10.2. The highest BCUT2D eigenvalue weighted by atomic mass is 32.2. The Kier molecular flexibility index (Phi) is 2.22. The van der Waals surface area contributed by atoms with Gasteiger partial charge >= 0.3 is 0 Å². The zero-order chi connectivity index (χ0) is 9.10. The molecule has 0 fully saturated rings. The van der Waals surface area contributed by atoms with Gasteiger partial charge in [-0.15, -0.1) is 5.10 Å². The second kappa shape index (κ2) is 3.53. The summed E-state index contributed by atoms with van der Waals surface area (Å²) in [5.41, 5.74) is 0. The number of hydrogen-bond donors (Lipinski definition) is 1. The molecule has 2 heterocycles. The minimum absolute atomic E-state index is 0.687. The van der Waals surface area contributed by atoms with Crippen LogP contribution in [0.2, 0.25) is 0 Å². The summed E-state index contributed by atoms with van der Waals surface area (Å²) in [4.78, 5) is 12.9. The lowest BCUT2D eigenvalue weighted by Gasteiger charge is -1.92. The van der Waals surface area contributed by atoms with Gasteiger partial charge in [-0.25, -0.2) is 15.0 Å². The molecule has 0 radical (unpaired) electrons. The van der Waals surface area contributed by atoms with E-state index >= 15 is 0 Å². The standard InChI is InChI=1S/C7H7N5S/c1-5-10-7(12-11-5)13-6-2-8-4-9-3-6/h2-4H,1H3,(H,10,11,12). The summed E-state index contributed by atoms with van der Waals surface area (Å²) in [5, 5.41) is 7.44. The molecule has 0 spiro atoms. The molecule has 0 atom stereocenters. The number of aromatic amines is 1. The maximum absolute atomic E-state index is 4.15. The van der Waals surface area contributed by atoms with Gasteiger partial charge in [0.05, 0.1) is 4.90 Å². The molecule has 13 heavy (non-hydrogen) atoms. The Morgan fingerprint density at radius 1 is 1.31 bits per heavy atom. The maximum Gasteiger partial charge on any atom is 0.213 e. The fraction of sp³-hybridized carbons (Fsp3) is 0.143. The fourth-order valence-electron chi connectivity index (χ4n) is 0.811. The van der Waals surface area contributed by atoms with Gasteiger partial charge in [0.2, 0.25) is 5.16 Å². The summed E-state index contributed by atoms with van der Waals surface area (Å²) in [7, 11) is 0. The number of aryl methyl sites for hydroxylation is 1. The average Bonchev–Trinajstić information content (AvgIpc) is 2.53. The Bertz CT molecular complexity index is 385. The van der Waals surface area contributed by atoms with Crippen LogP contribution in [0, 0.1) is 6.92 Å². The van der Waals surface area contributed by atoms with Crippen LogP contribution < -0.4 is 0 Å². The largest absolute Gasteiger partial charge is 0.262 e. The maximum atomic E-state index is 4.15. The lowest BCUT2D eigenvalue weighted by atomic mass is 10.7. The molecule has 0 saturated heterocycles. The van der Waals surface area contributed by atoms with Crippen LogP contribution in [0.4, 0.5) is 0 Å². The van der Waals surface area contributed by atoms with E-state index in [0.29, 0.717) is 5.16 Å². The van der Waals surface area contributed by atoms with Gasteiger partial charge in [-0.05, 0) is 18.7 Å². The van der Waals surface area contributed by atoms with Gasteiger partial charge in [-0.1, -0.05) is 0 Å². The van der Waals surface area contributed by atoms with Crippen LogP contribution in [-0.2, 0) is 0 Å². The lowest BCUT2D eigenvalue weighted by molar-refractivity contribution is 0.967. The second-order valence-corrected chi connectivity index (χ2v) is 3.42. The molecule has 2 aromatic rings. The highest BCUT2D eigenvalue weighted by Crippen LogP contribution is 2.21. The molecule has 0 unspecified atom stereocenters. The van der Waals surface area contributed by atoms with E-state index in [1.165, 1.54) is 18.1 Å². The fourth-order valence-corrected chi connectivity index (χ4v) is 1.52. The molecule has 2 rings (SSSR count). The smallest absolute Gasteiger partial charge is 0.213 e. The molecule has 0 aliphatic carbocycles. The Labute approximate surface area is 79.0 Å². The summed E-state index contributed by atoms with van der Waals surface area (Å²) in [5.74, 6) is 0.805. The van der Waals surface area contributed by atoms with Gasteiger partial charge in [-0.2, -0.15) is 0 Å². The van der Waals surface area contributed by atoms with E-state index in [9.17, 15) is 0 Å². The molecular weight excluding hydrogens is 186 g/mol. The third-order valence-corrected chi connectivity index (χ3v) is 2.13. The molecule has 0 aromatic carbocycles. The molecular formula is C7H7N5S. The van der Waals surface area contributed by atoms with Crippen LogP contribution in [0.5, 0.6) is 0 Å². The molecule has 0 aliphatic rings. The van der Waals surface area contributed by atoms with Gasteiger partial charge in [-0.3, -0.25) is 5.10 Å². The van der Waals surface area contributed by atoms with E-state index in [2.05, 4.69) is 25.1 Å². The molecule has 5 nitrogen and oxygen atoms in total. The third kappa shape index (κ3) is 2.03. The quantitative estimate of drug-likeness (QED) is 0.772. The Morgan fingerprint density at radius 3 is 2.69 bits per heavy atom. The number of hydrogen-bond acceptors (Lipinski definition) is 5. The topological polar surface area (TPSA) is 67.3 Å². The van der Waals surface area contributed by atoms with E-state index in [1.54, 1.807) is 12.4 Å². The predicted molar refractivity (Wildman–Crippen MR) is 47.3 cm³/mol. The Balaban J connectivity index is 2.15. The van der Waals surface area contributed by atoms with Crippen molar-refractivity contribution < 1.29 is 0 Å². The van der Waals surface area contributed by atoms with Crippen LogP contribution >= 0.6 is 11.8 Å². The van der Waals surface area contributed by atoms with Gasteiger partial charge in [0, 0.05) is 12.4 Å². The van der Waals surface area contributed by atoms with E-state index in [-0.39, 0.29) is 0 Å². The molecule has 66 valence electrons. The van der Waals surface area contributed by atoms with Crippen LogP contribution in [0.25, 0.3) is 0 Å². The van der Waals surface area contributed by atoms with Crippen LogP contribution in [0.15, 0.2) is 28.8 Å². The number of nitrogens with one attached hydrogen (secondary N) is 1. The van der Waals surface area contributed by atoms with Crippen molar-refractivity contribution in [3.05, 3.63) is 24.5 Å². The van der Waals surface area contributed by atoms with Crippen molar-refractivity contribution in [1.29, 1.82) is 0 Å². The van der Waals surface area contributed by atoms with Crippen molar-refractivity contribution in [1.82, 2.24) is 25.1 Å². The third-order valence-electron chi connectivity index (χ3n) is 1.32. The number of nitrogens with zero attached hydrogens (tertiary/aromatic N) is 4. The first-order valence-corrected chi connectivity index (χ1v) is 4.48. The van der Waals surface area contributed by atoms with Gasteiger partial charge in [0.1, 0.15) is 12.2 Å². The molecule has 6 heteroatoms. The summed E-state index contributed by atoms with van der Waals surface area (Å²) in [6.45, 7) is 1.86. The monoisotopic (exact) mass is 193 g/mol. The molecule has 0 amide bonds. The van der Waals surface area contributed by atoms with E-state index in [0.717, 1.165) is 10.7 Å². The van der Waals surface area contributed by atoms with Crippen molar-refractivity contribution in [2.45, 2.75) is 17.0 Å². The van der Waals surface area contributed by atoms with E-state index in [1.807, 2.05) is 6.92 Å². The molecule has 0 saturated carbocycles. The lowest BCUT2D eigenvalue weighted by Crippen LogP contribution is -1.80. The van der Waals surface area contributed by atoms with Crippen molar-refractivity contribution in [2.75, 3.05) is 0 Å². The Morgan fingerprint density at radius 2 is 2.08 bits per heavy atom. The highest BCUT2D eigenvalue weighted by Gasteiger charge is 2.01. The summed E-state index contributed by atoms with van der Waals surface area (Å²) in [6, 6.07) is 0. The van der Waals surface area contributed by atoms with Gasteiger partial charge < -0.3 is 0 Å². The molecule has 0 aliphatic heterocycles. The SMILES string of the molecule is Cc1nc(Sc2cncnc2)n[nH]1. The van der Waals surface area contributed by atoms with E-state index in [4.69, 9.17) is 0 Å². The number of rotatable bonds is 2. The molecule has 0 bridgehead atoms. The Hall–Kier alpha value is -1.43. The van der Waals surface area contributed by atoms with Crippen molar-refractivity contribution in [3.63, 3.8) is 0 Å². The second-order valence-electron chi connectivity index (χ2n) is 2.38. The summed E-state index contributed by atoms with van der Waals surface area (Å²) >= 11 is 1.43. The first-order valence-electron chi connectivity index (χ1n) is 3.66. The summed E-state index contributed by atoms with van der Waals surface area (Å²) in [6.07, 6.45) is 4.94. The van der Waals surface area contributed by atoms with Crippen molar-refractivity contribution in [3.8, 4) is 0 Å². The highest BCUT2D eigenvalue weighted by molar-refractivity contribution is 7.99. The zero-order valence-corrected chi connectivity index (χ0v) is 7.75. The predicted octanol–water partition coefficient (Wildman–Crippen LogP) is 1.05. The van der Waals surface area contributed by atoms with E-state index < -0.39 is 0 Å². The van der Waals surface area contributed by atoms with Crippen LogP contribution in [-0.4, -0.2) is 25.1 Å². The molecule has 1 N–H and O–H groups in total. The first-order chi connectivity index (χ1) is 6.34. The number of aromatic nitrogens is 5. The van der Waals surface area contributed by atoms with Gasteiger partial charge in [0.25, 0.3) is 0 Å². The minimum Gasteiger partial charge on any atom is -0.262 e. The average molecular weight is 193 g/mol. The zero-order valence-electron chi connectivity index (χ0n) is 6.93. The minimum atomic E-state index is 0.687. The number of H-pyrrole nitrogens is 1. The van der Waals surface area contributed by atoms with Crippen LogP contribution in [0.3, 0.4) is 0 Å². The first kappa shape index (κ1) is 8.18. The summed E-state index contributed by atoms with van der Waals surface area (Å²) < 4.78 is 0. The van der Waals surface area contributed by atoms with Crippen LogP contribution in [0.1, 0.15) is 5.82 Å². The molecule has 2 aromatic heterocycles. The van der Waals surface area contributed by atoms with Crippen molar-refractivity contribution >= 4 is 11.8 Å². The van der Waals surface area contributed by atoms with Crippen molar-refractivity contribution in [2.24, 2.45) is 0 Å².